The van der Waals surface area contributed by atoms with Crippen LogP contribution in [0.2, 0.25) is 0 Å². The van der Waals surface area contributed by atoms with Crippen LogP contribution in [0.25, 0.3) is 10.9 Å². The quantitative estimate of drug-likeness (QED) is 0.456. The molecule has 0 aliphatic heterocycles. The molecular weight excluding hydrogens is 471 g/mol. The number of fused-ring (bicyclic) bond motifs is 1. The monoisotopic (exact) mass is 501 g/mol. The summed E-state index contributed by atoms with van der Waals surface area (Å²) in [6.07, 6.45) is -1.31. The van der Waals surface area contributed by atoms with Crippen molar-refractivity contribution in [1.29, 1.82) is 0 Å². The first-order valence-corrected chi connectivity index (χ1v) is 12.0. The Labute approximate surface area is 208 Å². The third kappa shape index (κ3) is 6.77. The van der Waals surface area contributed by atoms with E-state index in [9.17, 15) is 18.0 Å². The van der Waals surface area contributed by atoms with Crippen LogP contribution in [-0.4, -0.2) is 48.9 Å². The smallest absolute Gasteiger partial charge is 0.405 e. The van der Waals surface area contributed by atoms with Crippen LogP contribution in [0.15, 0.2) is 48.5 Å². The van der Waals surface area contributed by atoms with Crippen LogP contribution in [0.4, 0.5) is 24.9 Å². The van der Waals surface area contributed by atoms with Gasteiger partial charge in [0.1, 0.15) is 11.6 Å². The maximum atomic E-state index is 12.6. The maximum absolute atomic E-state index is 12.6. The number of hydrogen-bond acceptors (Lipinski definition) is 6. The number of nitrogens with zero attached hydrogens (tertiary/aromatic N) is 3. The minimum Gasteiger partial charge on any atom is -0.405 e. The van der Waals surface area contributed by atoms with Crippen molar-refractivity contribution in [2.24, 2.45) is 5.92 Å². The van der Waals surface area contributed by atoms with Crippen LogP contribution in [0, 0.1) is 5.92 Å². The minimum absolute atomic E-state index is 0.170. The van der Waals surface area contributed by atoms with Crippen molar-refractivity contribution < 1.29 is 22.7 Å². The van der Waals surface area contributed by atoms with Crippen molar-refractivity contribution in [1.82, 2.24) is 15.3 Å². The summed E-state index contributed by atoms with van der Waals surface area (Å²) in [7, 11) is 3.92. The Morgan fingerprint density at radius 2 is 1.72 bits per heavy atom. The van der Waals surface area contributed by atoms with Gasteiger partial charge >= 0.3 is 6.36 Å². The summed E-state index contributed by atoms with van der Waals surface area (Å²) < 4.78 is 41.8. The molecule has 7 nitrogen and oxygen atoms in total. The Bertz CT molecular complexity index is 1190. The summed E-state index contributed by atoms with van der Waals surface area (Å²) in [6, 6.07) is 13.9. The highest BCUT2D eigenvalue weighted by Crippen LogP contribution is 2.29. The zero-order valence-electron chi connectivity index (χ0n) is 20.3. The number of hydrogen-bond donors (Lipinski definition) is 2. The second kappa shape index (κ2) is 11.0. The Kier molecular flexibility index (Phi) is 7.81. The van der Waals surface area contributed by atoms with Gasteiger partial charge in [0.25, 0.3) is 0 Å². The molecular formula is C26H30F3N5O2. The normalized spacial score (nSPS) is 18.0. The van der Waals surface area contributed by atoms with Crippen molar-refractivity contribution >= 4 is 28.6 Å². The largest absolute Gasteiger partial charge is 0.573 e. The molecule has 192 valence electrons. The van der Waals surface area contributed by atoms with E-state index in [1.165, 1.54) is 18.2 Å². The molecule has 1 aromatic heterocycles. The zero-order valence-corrected chi connectivity index (χ0v) is 20.3. The first kappa shape index (κ1) is 25.5. The van der Waals surface area contributed by atoms with Gasteiger partial charge in [0, 0.05) is 37.6 Å². The van der Waals surface area contributed by atoms with E-state index < -0.39 is 6.36 Å². The number of ether oxygens (including phenoxy) is 1. The van der Waals surface area contributed by atoms with E-state index in [-0.39, 0.29) is 29.7 Å². The minimum atomic E-state index is -4.80. The standard InChI is InChI=1S/C26H30F3N5O2/c1-34(2)24-20-8-4-5-9-21(20)32-25(33-24)31-19-13-11-17(12-14-19)16-30-23(35)15-18-7-3-6-10-22(18)36-26(27,28)29/h3-10,17,19H,11-16H2,1-2H3,(H,30,35)(H,31,32,33). The zero-order chi connectivity index (χ0) is 25.7. The average molecular weight is 502 g/mol. The molecule has 0 spiro atoms. The molecule has 0 saturated heterocycles. The average Bonchev–Trinajstić information content (AvgIpc) is 2.83. The van der Waals surface area contributed by atoms with Crippen LogP contribution < -0.4 is 20.3 Å². The Hall–Kier alpha value is -3.56. The highest BCUT2D eigenvalue weighted by molar-refractivity contribution is 5.90. The third-order valence-electron chi connectivity index (χ3n) is 6.32. The molecule has 1 amide bonds. The van der Waals surface area contributed by atoms with Crippen molar-refractivity contribution in [2.45, 2.75) is 44.5 Å². The molecule has 1 aliphatic carbocycles. The van der Waals surface area contributed by atoms with Gasteiger partial charge in [-0.2, -0.15) is 4.98 Å². The lowest BCUT2D eigenvalue weighted by Gasteiger charge is -2.29. The number of carbonyl (C=O) groups is 1. The summed E-state index contributed by atoms with van der Waals surface area (Å²) >= 11 is 0. The van der Waals surface area contributed by atoms with Crippen LogP contribution in [0.5, 0.6) is 5.75 Å². The summed E-state index contributed by atoms with van der Waals surface area (Å²) in [5.74, 6) is 1.11. The number of aromatic nitrogens is 2. The number of para-hydroxylation sites is 2. The van der Waals surface area contributed by atoms with Gasteiger partial charge in [-0.25, -0.2) is 4.98 Å². The molecule has 0 radical (unpaired) electrons. The van der Waals surface area contributed by atoms with Gasteiger partial charge in [-0.3, -0.25) is 4.79 Å². The van der Waals surface area contributed by atoms with E-state index in [0.717, 1.165) is 42.4 Å². The van der Waals surface area contributed by atoms with E-state index in [1.54, 1.807) is 6.07 Å². The highest BCUT2D eigenvalue weighted by Gasteiger charge is 2.32. The number of carbonyl (C=O) groups excluding carboxylic acids is 1. The second-order valence-electron chi connectivity index (χ2n) is 9.28. The Balaban J connectivity index is 1.27. The predicted octanol–water partition coefficient (Wildman–Crippen LogP) is 4.92. The number of halogens is 3. The highest BCUT2D eigenvalue weighted by atomic mass is 19.4. The molecule has 10 heteroatoms. The molecule has 1 fully saturated rings. The van der Waals surface area contributed by atoms with Gasteiger partial charge in [-0.15, -0.1) is 13.2 Å². The topological polar surface area (TPSA) is 79.4 Å². The lowest BCUT2D eigenvalue weighted by Crippen LogP contribution is -2.35. The van der Waals surface area contributed by atoms with Crippen LogP contribution in [0.1, 0.15) is 31.2 Å². The number of rotatable bonds is 8. The number of nitrogens with one attached hydrogen (secondary N) is 2. The van der Waals surface area contributed by atoms with Crippen molar-refractivity contribution in [3.8, 4) is 5.75 Å². The molecule has 36 heavy (non-hydrogen) atoms. The van der Waals surface area contributed by atoms with Gasteiger partial charge in [0.05, 0.1) is 11.9 Å². The van der Waals surface area contributed by atoms with Crippen LogP contribution in [0.3, 0.4) is 0 Å². The van der Waals surface area contributed by atoms with E-state index >= 15 is 0 Å². The molecule has 1 saturated carbocycles. The maximum Gasteiger partial charge on any atom is 0.573 e. The third-order valence-corrected chi connectivity index (χ3v) is 6.32. The molecule has 4 rings (SSSR count). The molecule has 1 aliphatic rings. The Morgan fingerprint density at radius 1 is 1.03 bits per heavy atom. The van der Waals surface area contributed by atoms with Crippen molar-refractivity contribution in [3.63, 3.8) is 0 Å². The number of anilines is 2. The summed E-state index contributed by atoms with van der Waals surface area (Å²) in [4.78, 5) is 23.7. The molecule has 2 aromatic carbocycles. The van der Waals surface area contributed by atoms with Crippen molar-refractivity contribution in [3.05, 3.63) is 54.1 Å². The first-order chi connectivity index (χ1) is 17.2. The number of alkyl halides is 3. The predicted molar refractivity (Wildman–Crippen MR) is 133 cm³/mol. The SMILES string of the molecule is CN(C)c1nc(NC2CCC(CNC(=O)Cc3ccccc3OC(F)(F)F)CC2)nc2ccccc12. The van der Waals surface area contributed by atoms with E-state index in [1.807, 2.05) is 43.3 Å². The molecule has 0 unspecified atom stereocenters. The number of amides is 1. The van der Waals surface area contributed by atoms with E-state index in [4.69, 9.17) is 4.98 Å². The summed E-state index contributed by atoms with van der Waals surface area (Å²) in [5.41, 5.74) is 1.09. The molecule has 0 bridgehead atoms. The van der Waals surface area contributed by atoms with Gasteiger partial charge in [-0.1, -0.05) is 30.3 Å². The van der Waals surface area contributed by atoms with E-state index in [0.29, 0.717) is 18.4 Å². The first-order valence-electron chi connectivity index (χ1n) is 12.0. The van der Waals surface area contributed by atoms with E-state index in [2.05, 4.69) is 20.4 Å². The molecule has 2 N–H and O–H groups in total. The lowest BCUT2D eigenvalue weighted by atomic mass is 9.86. The summed E-state index contributed by atoms with van der Waals surface area (Å²) in [6.45, 7) is 0.491. The fourth-order valence-electron chi connectivity index (χ4n) is 4.53. The van der Waals surface area contributed by atoms with Crippen LogP contribution in [-0.2, 0) is 11.2 Å². The van der Waals surface area contributed by atoms with Gasteiger partial charge in [0.15, 0.2) is 0 Å². The second-order valence-corrected chi connectivity index (χ2v) is 9.28. The van der Waals surface area contributed by atoms with Gasteiger partial charge < -0.3 is 20.3 Å². The van der Waals surface area contributed by atoms with Gasteiger partial charge in [-0.05, 0) is 49.8 Å². The van der Waals surface area contributed by atoms with Gasteiger partial charge in [0.2, 0.25) is 11.9 Å². The molecule has 1 heterocycles. The molecule has 3 aromatic rings. The lowest BCUT2D eigenvalue weighted by molar-refractivity contribution is -0.274. The Morgan fingerprint density at radius 3 is 2.44 bits per heavy atom. The van der Waals surface area contributed by atoms with Crippen LogP contribution >= 0.6 is 0 Å². The molecule has 0 atom stereocenters. The number of benzene rings is 2. The fraction of sp³-hybridized carbons (Fsp3) is 0.423. The van der Waals surface area contributed by atoms with Crippen molar-refractivity contribution in [2.75, 3.05) is 30.9 Å². The summed E-state index contributed by atoms with van der Waals surface area (Å²) in [5, 5.41) is 7.34. The fourth-order valence-corrected chi connectivity index (χ4v) is 4.53.